The van der Waals surface area contributed by atoms with Crippen LogP contribution in [0.15, 0.2) is 48.5 Å². The van der Waals surface area contributed by atoms with E-state index in [1.165, 1.54) is 22.5 Å². The van der Waals surface area contributed by atoms with E-state index in [0.717, 1.165) is 19.5 Å². The van der Waals surface area contributed by atoms with Crippen LogP contribution in [-0.2, 0) is 6.42 Å². The van der Waals surface area contributed by atoms with E-state index in [1.54, 1.807) is 0 Å². The second kappa shape index (κ2) is 6.83. The minimum Gasteiger partial charge on any atom is -0.383 e. The van der Waals surface area contributed by atoms with Crippen LogP contribution in [0.2, 0.25) is 0 Å². The first-order valence-corrected chi connectivity index (χ1v) is 6.92. The fourth-order valence-electron chi connectivity index (χ4n) is 2.21. The standard InChI is InChI=1S/C17H22N2/c1-3-18-17-14(2)8-7-11-16(17)19-13-12-15-9-5-4-6-10-15/h4-11,18-19H,3,12-13H2,1-2H3. The van der Waals surface area contributed by atoms with Crippen molar-refractivity contribution >= 4 is 11.4 Å². The van der Waals surface area contributed by atoms with Gasteiger partial charge in [0.15, 0.2) is 0 Å². The molecule has 0 amide bonds. The fraction of sp³-hybridized carbons (Fsp3) is 0.294. The van der Waals surface area contributed by atoms with Crippen molar-refractivity contribution in [2.45, 2.75) is 20.3 Å². The molecular formula is C17H22N2. The maximum absolute atomic E-state index is 3.52. The molecular weight excluding hydrogens is 232 g/mol. The first kappa shape index (κ1) is 13.5. The summed E-state index contributed by atoms with van der Waals surface area (Å²) in [5.41, 5.74) is 5.06. The smallest absolute Gasteiger partial charge is 0.0605 e. The molecule has 0 unspecified atom stereocenters. The third kappa shape index (κ3) is 3.75. The lowest BCUT2D eigenvalue weighted by molar-refractivity contribution is 1.02. The number of anilines is 2. The van der Waals surface area contributed by atoms with Crippen LogP contribution < -0.4 is 10.6 Å². The van der Waals surface area contributed by atoms with E-state index in [1.807, 2.05) is 0 Å². The van der Waals surface area contributed by atoms with Gasteiger partial charge in [-0.15, -0.1) is 0 Å². The lowest BCUT2D eigenvalue weighted by Crippen LogP contribution is -2.09. The Balaban J connectivity index is 1.97. The molecule has 2 N–H and O–H groups in total. The van der Waals surface area contributed by atoms with Crippen molar-refractivity contribution in [1.29, 1.82) is 0 Å². The Labute approximate surface area is 115 Å². The van der Waals surface area contributed by atoms with Gasteiger partial charge >= 0.3 is 0 Å². The van der Waals surface area contributed by atoms with Crippen LogP contribution in [0.5, 0.6) is 0 Å². The highest BCUT2D eigenvalue weighted by molar-refractivity contribution is 5.72. The highest BCUT2D eigenvalue weighted by atomic mass is 14.9. The third-order valence-electron chi connectivity index (χ3n) is 3.20. The highest BCUT2D eigenvalue weighted by Gasteiger charge is 2.03. The summed E-state index contributed by atoms with van der Waals surface area (Å²) in [6.45, 7) is 6.16. The molecule has 0 aliphatic carbocycles. The van der Waals surface area contributed by atoms with Crippen molar-refractivity contribution in [3.63, 3.8) is 0 Å². The van der Waals surface area contributed by atoms with E-state index < -0.39 is 0 Å². The number of para-hydroxylation sites is 1. The summed E-state index contributed by atoms with van der Waals surface area (Å²) in [6, 6.07) is 16.9. The number of aryl methyl sites for hydroxylation is 1. The normalized spacial score (nSPS) is 10.2. The van der Waals surface area contributed by atoms with Crippen molar-refractivity contribution in [2.75, 3.05) is 23.7 Å². The summed E-state index contributed by atoms with van der Waals surface area (Å²) >= 11 is 0. The largest absolute Gasteiger partial charge is 0.383 e. The Morgan fingerprint density at radius 1 is 0.895 bits per heavy atom. The Hall–Kier alpha value is -1.96. The van der Waals surface area contributed by atoms with E-state index in [0.29, 0.717) is 0 Å². The molecule has 2 aromatic rings. The molecule has 2 rings (SSSR count). The van der Waals surface area contributed by atoms with Gasteiger partial charge in [-0.3, -0.25) is 0 Å². The van der Waals surface area contributed by atoms with Crippen LogP contribution in [0.1, 0.15) is 18.1 Å². The molecule has 0 aliphatic heterocycles. The topological polar surface area (TPSA) is 24.1 Å². The van der Waals surface area contributed by atoms with E-state index in [-0.39, 0.29) is 0 Å². The Kier molecular flexibility index (Phi) is 4.85. The summed E-state index contributed by atoms with van der Waals surface area (Å²) < 4.78 is 0. The zero-order valence-electron chi connectivity index (χ0n) is 11.7. The van der Waals surface area contributed by atoms with E-state index in [2.05, 4.69) is 73.0 Å². The Morgan fingerprint density at radius 3 is 2.42 bits per heavy atom. The van der Waals surface area contributed by atoms with Gasteiger partial charge in [-0.05, 0) is 37.5 Å². The second-order valence-electron chi connectivity index (χ2n) is 4.69. The van der Waals surface area contributed by atoms with Gasteiger partial charge in [-0.1, -0.05) is 42.5 Å². The molecule has 0 aromatic heterocycles. The summed E-state index contributed by atoms with van der Waals surface area (Å²) in [4.78, 5) is 0. The van der Waals surface area contributed by atoms with Crippen molar-refractivity contribution in [1.82, 2.24) is 0 Å². The minimum absolute atomic E-state index is 0.943. The lowest BCUT2D eigenvalue weighted by Gasteiger charge is -2.15. The van der Waals surface area contributed by atoms with Gasteiger partial charge in [0.1, 0.15) is 0 Å². The molecule has 0 saturated carbocycles. The number of hydrogen-bond acceptors (Lipinski definition) is 2. The van der Waals surface area contributed by atoms with E-state index in [4.69, 9.17) is 0 Å². The molecule has 0 spiro atoms. The summed E-state index contributed by atoms with van der Waals surface area (Å²) in [7, 11) is 0. The SMILES string of the molecule is CCNc1c(C)cccc1NCCc1ccccc1. The van der Waals surface area contributed by atoms with Gasteiger partial charge in [0.2, 0.25) is 0 Å². The monoisotopic (exact) mass is 254 g/mol. The summed E-state index contributed by atoms with van der Waals surface area (Å²) in [6.07, 6.45) is 1.04. The van der Waals surface area contributed by atoms with Crippen molar-refractivity contribution in [3.8, 4) is 0 Å². The van der Waals surface area contributed by atoms with Crippen molar-refractivity contribution < 1.29 is 0 Å². The zero-order chi connectivity index (χ0) is 13.5. The maximum atomic E-state index is 3.52. The molecule has 0 bridgehead atoms. The van der Waals surface area contributed by atoms with Gasteiger partial charge in [-0.25, -0.2) is 0 Å². The van der Waals surface area contributed by atoms with Gasteiger partial charge < -0.3 is 10.6 Å². The molecule has 2 nitrogen and oxygen atoms in total. The second-order valence-corrected chi connectivity index (χ2v) is 4.69. The highest BCUT2D eigenvalue weighted by Crippen LogP contribution is 2.25. The molecule has 0 aliphatic rings. The third-order valence-corrected chi connectivity index (χ3v) is 3.20. The number of rotatable bonds is 6. The number of benzene rings is 2. The van der Waals surface area contributed by atoms with Crippen LogP contribution in [0.3, 0.4) is 0 Å². The molecule has 2 heteroatoms. The molecule has 100 valence electrons. The van der Waals surface area contributed by atoms with Crippen LogP contribution in [0.25, 0.3) is 0 Å². The molecule has 0 atom stereocenters. The van der Waals surface area contributed by atoms with Gasteiger partial charge in [0, 0.05) is 13.1 Å². The Bertz CT molecular complexity index is 506. The predicted molar refractivity (Wildman–Crippen MR) is 84.0 cm³/mol. The van der Waals surface area contributed by atoms with Crippen molar-refractivity contribution in [2.24, 2.45) is 0 Å². The van der Waals surface area contributed by atoms with E-state index in [9.17, 15) is 0 Å². The van der Waals surface area contributed by atoms with Crippen molar-refractivity contribution in [3.05, 3.63) is 59.7 Å². The molecule has 19 heavy (non-hydrogen) atoms. The molecule has 0 saturated heterocycles. The van der Waals surface area contributed by atoms with Gasteiger partial charge in [-0.2, -0.15) is 0 Å². The van der Waals surface area contributed by atoms with E-state index >= 15 is 0 Å². The predicted octanol–water partition coefficient (Wildman–Crippen LogP) is 4.08. The van der Waals surface area contributed by atoms with Gasteiger partial charge in [0.05, 0.1) is 11.4 Å². The summed E-state index contributed by atoms with van der Waals surface area (Å²) in [5.74, 6) is 0. The number of hydrogen-bond donors (Lipinski definition) is 2. The quantitative estimate of drug-likeness (QED) is 0.811. The number of nitrogens with one attached hydrogen (secondary N) is 2. The maximum Gasteiger partial charge on any atom is 0.0605 e. The van der Waals surface area contributed by atoms with Crippen LogP contribution in [0, 0.1) is 6.92 Å². The molecule has 2 aromatic carbocycles. The average Bonchev–Trinajstić information content (AvgIpc) is 2.44. The molecule has 0 heterocycles. The lowest BCUT2D eigenvalue weighted by atomic mass is 10.1. The molecule has 0 radical (unpaired) electrons. The van der Waals surface area contributed by atoms with Crippen LogP contribution in [0.4, 0.5) is 11.4 Å². The zero-order valence-corrected chi connectivity index (χ0v) is 11.7. The fourth-order valence-corrected chi connectivity index (χ4v) is 2.21. The first-order valence-electron chi connectivity index (χ1n) is 6.92. The molecule has 0 fully saturated rings. The van der Waals surface area contributed by atoms with Crippen LogP contribution in [-0.4, -0.2) is 13.1 Å². The van der Waals surface area contributed by atoms with Gasteiger partial charge in [0.25, 0.3) is 0 Å². The summed E-state index contributed by atoms with van der Waals surface area (Å²) in [5, 5.41) is 6.96. The first-order chi connectivity index (χ1) is 9.31. The minimum atomic E-state index is 0.943. The Morgan fingerprint density at radius 2 is 1.68 bits per heavy atom. The van der Waals surface area contributed by atoms with Crippen LogP contribution >= 0.6 is 0 Å². The average molecular weight is 254 g/mol.